The minimum absolute atomic E-state index is 0.0605. The monoisotopic (exact) mass is 499 g/mol. The lowest BCUT2D eigenvalue weighted by molar-refractivity contribution is -0.139. The second kappa shape index (κ2) is 13.8. The molecule has 0 aliphatic carbocycles. The summed E-state index contributed by atoms with van der Waals surface area (Å²) in [5.41, 5.74) is -0.671. The van der Waals surface area contributed by atoms with E-state index in [0.29, 0.717) is 36.7 Å². The van der Waals surface area contributed by atoms with Crippen molar-refractivity contribution in [2.45, 2.75) is 120 Å². The topological polar surface area (TPSA) is 134 Å². The molecule has 2 aliphatic rings. The van der Waals surface area contributed by atoms with Gasteiger partial charge in [-0.15, -0.1) is 0 Å². The Morgan fingerprint density at radius 1 is 1.06 bits per heavy atom. The van der Waals surface area contributed by atoms with Gasteiger partial charge in [-0.2, -0.15) is 11.8 Å². The number of carbonyl (C=O) groups is 4. The van der Waals surface area contributed by atoms with Crippen molar-refractivity contribution in [1.82, 2.24) is 16.0 Å². The number of carboxylic acid groups (broad SMARTS) is 1. The van der Waals surface area contributed by atoms with Crippen LogP contribution in [0.5, 0.6) is 0 Å². The van der Waals surface area contributed by atoms with Crippen LogP contribution in [-0.4, -0.2) is 63.7 Å². The van der Waals surface area contributed by atoms with Crippen LogP contribution < -0.4 is 16.0 Å². The van der Waals surface area contributed by atoms with Crippen LogP contribution in [0.3, 0.4) is 0 Å². The molecule has 0 saturated carbocycles. The maximum absolute atomic E-state index is 12.1. The first-order chi connectivity index (χ1) is 16.0. The maximum atomic E-state index is 12.1. The van der Waals surface area contributed by atoms with Gasteiger partial charge in [0.15, 0.2) is 0 Å². The Bertz CT molecular complexity index is 711. The predicted octanol–water partition coefficient (Wildman–Crippen LogP) is 3.99. The van der Waals surface area contributed by atoms with Crippen LogP contribution in [0.4, 0.5) is 9.59 Å². The zero-order valence-corrected chi connectivity index (χ0v) is 21.5. The number of ketones is 1. The molecule has 0 aromatic carbocycles. The zero-order valence-electron chi connectivity index (χ0n) is 20.7. The van der Waals surface area contributed by atoms with Gasteiger partial charge in [0.1, 0.15) is 17.4 Å². The lowest BCUT2D eigenvalue weighted by atomic mass is 10.0. The smallest absolute Gasteiger partial charge is 0.408 e. The van der Waals surface area contributed by atoms with Gasteiger partial charge in [-0.25, -0.2) is 14.4 Å². The Hall–Kier alpha value is -1.97. The van der Waals surface area contributed by atoms with Crippen LogP contribution in [0.2, 0.25) is 0 Å². The number of carbonyl (C=O) groups excluding carboxylic acids is 3. The maximum Gasteiger partial charge on any atom is 0.408 e. The van der Waals surface area contributed by atoms with Crippen LogP contribution in [0.25, 0.3) is 0 Å². The molecule has 34 heavy (non-hydrogen) atoms. The van der Waals surface area contributed by atoms with Crippen molar-refractivity contribution >= 4 is 35.6 Å². The molecule has 2 aliphatic heterocycles. The van der Waals surface area contributed by atoms with Crippen LogP contribution in [0.15, 0.2) is 0 Å². The van der Waals surface area contributed by atoms with E-state index < -0.39 is 23.7 Å². The van der Waals surface area contributed by atoms with Crippen LogP contribution in [-0.2, 0) is 14.3 Å². The highest BCUT2D eigenvalue weighted by molar-refractivity contribution is 8.00. The number of thioether (sulfide) groups is 1. The van der Waals surface area contributed by atoms with E-state index in [2.05, 4.69) is 16.0 Å². The molecule has 4 atom stereocenters. The minimum Gasteiger partial charge on any atom is -0.480 e. The van der Waals surface area contributed by atoms with Gasteiger partial charge >= 0.3 is 18.1 Å². The highest BCUT2D eigenvalue weighted by Crippen LogP contribution is 2.33. The first-order valence-electron chi connectivity index (χ1n) is 12.5. The molecule has 3 amide bonds. The summed E-state index contributed by atoms with van der Waals surface area (Å²) >= 11 is 1.90. The van der Waals surface area contributed by atoms with Crippen molar-refractivity contribution in [3.63, 3.8) is 0 Å². The molecule has 0 radical (unpaired) electrons. The SMILES string of the molecule is CC(C)(C)OC(=O)NC(CCCCCCCC(=O)CCCCC1SC[C@@H]2NC(=O)N[C@H]12)C(=O)O. The lowest BCUT2D eigenvalue weighted by Gasteiger charge is -2.22. The summed E-state index contributed by atoms with van der Waals surface area (Å²) in [6.07, 6.45) is 8.08. The summed E-state index contributed by atoms with van der Waals surface area (Å²) in [6.45, 7) is 5.19. The van der Waals surface area contributed by atoms with E-state index in [4.69, 9.17) is 4.74 Å². The number of urea groups is 1. The van der Waals surface area contributed by atoms with E-state index in [0.717, 1.165) is 50.7 Å². The number of unbranched alkanes of at least 4 members (excludes halogenated alkanes) is 5. The minimum atomic E-state index is -1.06. The van der Waals surface area contributed by atoms with Gasteiger partial charge in [-0.05, 0) is 46.5 Å². The normalized spacial score (nSPS) is 22.4. The summed E-state index contributed by atoms with van der Waals surface area (Å²) < 4.78 is 5.12. The number of carboxylic acids is 1. The van der Waals surface area contributed by atoms with Gasteiger partial charge in [0.25, 0.3) is 0 Å². The standard InChI is InChI=1S/C24H41N3O6S/c1-24(2,3)33-23(32)26-17(21(29)30)13-8-6-4-5-7-11-16(28)12-9-10-14-19-20-18(15-34-19)25-22(31)27-20/h17-20H,4-15H2,1-3H3,(H,26,32)(H,29,30)(H2,25,27,31)/t17?,18-,19?,20-/m0/s1. The quantitative estimate of drug-likeness (QED) is 0.198. The van der Waals surface area contributed by atoms with Crippen LogP contribution in [0.1, 0.15) is 91.4 Å². The molecule has 194 valence electrons. The van der Waals surface area contributed by atoms with E-state index in [-0.39, 0.29) is 18.1 Å². The average Bonchev–Trinajstić information content (AvgIpc) is 3.27. The van der Waals surface area contributed by atoms with Gasteiger partial charge in [-0.3, -0.25) is 4.79 Å². The first kappa shape index (κ1) is 28.3. The number of rotatable bonds is 15. The number of aliphatic carboxylic acids is 1. The van der Waals surface area contributed by atoms with Crippen molar-refractivity contribution in [3.8, 4) is 0 Å². The summed E-state index contributed by atoms with van der Waals surface area (Å²) in [5, 5.41) is 18.1. The molecule has 10 heteroatoms. The lowest BCUT2D eigenvalue weighted by Crippen LogP contribution is -2.43. The number of alkyl carbamates (subject to hydrolysis) is 1. The second-order valence-corrected chi connectivity index (χ2v) is 11.5. The Kier molecular flexibility index (Phi) is 11.5. The fourth-order valence-corrected chi connectivity index (χ4v) is 5.89. The number of amides is 3. The second-order valence-electron chi connectivity index (χ2n) is 10.2. The molecule has 0 bridgehead atoms. The summed E-state index contributed by atoms with van der Waals surface area (Å²) in [7, 11) is 0. The Morgan fingerprint density at radius 2 is 1.71 bits per heavy atom. The molecule has 2 rings (SSSR count). The van der Waals surface area contributed by atoms with Gasteiger partial charge in [0, 0.05) is 23.8 Å². The van der Waals surface area contributed by atoms with Gasteiger partial charge in [0.05, 0.1) is 12.1 Å². The molecule has 4 N–H and O–H groups in total. The molecular weight excluding hydrogens is 458 g/mol. The number of hydrogen-bond donors (Lipinski definition) is 4. The molecule has 2 heterocycles. The zero-order chi connectivity index (χ0) is 25.1. The number of hydrogen-bond acceptors (Lipinski definition) is 6. The third kappa shape index (κ3) is 10.5. The Labute approximate surface area is 206 Å². The fraction of sp³-hybridized carbons (Fsp3) is 0.833. The van der Waals surface area contributed by atoms with Gasteiger partial charge < -0.3 is 25.8 Å². The summed E-state index contributed by atoms with van der Waals surface area (Å²) in [6, 6.07) is -0.534. The molecule has 2 fully saturated rings. The Morgan fingerprint density at radius 3 is 2.38 bits per heavy atom. The van der Waals surface area contributed by atoms with Crippen LogP contribution >= 0.6 is 11.8 Å². The highest BCUT2D eigenvalue weighted by atomic mass is 32.2. The van der Waals surface area contributed by atoms with Gasteiger partial charge in [0.2, 0.25) is 0 Å². The number of nitrogens with one attached hydrogen (secondary N) is 3. The third-order valence-electron chi connectivity index (χ3n) is 6.07. The van der Waals surface area contributed by atoms with Crippen molar-refractivity contribution < 1.29 is 29.0 Å². The Balaban J connectivity index is 1.46. The molecule has 2 saturated heterocycles. The van der Waals surface area contributed by atoms with E-state index in [1.54, 1.807) is 20.8 Å². The molecule has 0 aromatic rings. The average molecular weight is 500 g/mol. The number of Topliss-reactive ketones (excluding diaryl/α,β-unsaturated/α-hetero) is 1. The summed E-state index contributed by atoms with van der Waals surface area (Å²) in [4.78, 5) is 46.7. The highest BCUT2D eigenvalue weighted by Gasteiger charge is 2.42. The van der Waals surface area contributed by atoms with Crippen molar-refractivity contribution in [2.75, 3.05) is 5.75 Å². The number of ether oxygens (including phenoxy) is 1. The summed E-state index contributed by atoms with van der Waals surface area (Å²) in [5.74, 6) is 0.206. The van der Waals surface area contributed by atoms with Crippen LogP contribution in [0, 0.1) is 0 Å². The fourth-order valence-electron chi connectivity index (χ4n) is 4.34. The van der Waals surface area contributed by atoms with Gasteiger partial charge in [-0.1, -0.05) is 32.1 Å². The van der Waals surface area contributed by atoms with E-state index in [1.165, 1.54) is 0 Å². The largest absolute Gasteiger partial charge is 0.480 e. The number of fused-ring (bicyclic) bond motifs is 1. The van der Waals surface area contributed by atoms with Crippen molar-refractivity contribution in [3.05, 3.63) is 0 Å². The molecule has 9 nitrogen and oxygen atoms in total. The van der Waals surface area contributed by atoms with Crippen molar-refractivity contribution in [1.29, 1.82) is 0 Å². The van der Waals surface area contributed by atoms with Crippen molar-refractivity contribution in [2.24, 2.45) is 0 Å². The predicted molar refractivity (Wildman–Crippen MR) is 132 cm³/mol. The van der Waals surface area contributed by atoms with E-state index in [1.807, 2.05) is 11.8 Å². The van der Waals surface area contributed by atoms with E-state index in [9.17, 15) is 24.3 Å². The van der Waals surface area contributed by atoms with E-state index >= 15 is 0 Å². The molecule has 2 unspecified atom stereocenters. The first-order valence-corrected chi connectivity index (χ1v) is 13.5. The molecular formula is C24H41N3O6S. The molecule has 0 aromatic heterocycles. The molecule has 0 spiro atoms. The third-order valence-corrected chi connectivity index (χ3v) is 7.58.